The molecule has 0 radical (unpaired) electrons. The van der Waals surface area contributed by atoms with Crippen LogP contribution < -0.4 is 5.32 Å². The standard InChI is InChI=1S/C17H15BrN4O3S.C10H12BrN3O.C7H4ClNO2S/c18-16-6-2-5-15(20-16)17(23)21-7-9-22(10-8-21)26(24,25)14-4-1-3-13(11-14)12-19;11-9-3-1-2-8(13-9)10(15)14-6-4-12-5-7-14;8-12(10,11)7-3-1-2-6(4-7)5-9/h1-6,11H,7-10H2;1-3,12H,4-7H2;1-4H. The molecule has 4 aromatic rings. The van der Waals surface area contributed by atoms with Gasteiger partial charge in [-0.2, -0.15) is 14.8 Å². The Balaban J connectivity index is 0.000000196. The number of carbonyl (C=O) groups excluding carboxylic acids is 2. The molecule has 2 aliphatic heterocycles. The summed E-state index contributed by atoms with van der Waals surface area (Å²) in [7, 11) is -2.36. The second-order valence-electron chi connectivity index (χ2n) is 11.1. The number of piperazine rings is 2. The highest BCUT2D eigenvalue weighted by Crippen LogP contribution is 2.20. The van der Waals surface area contributed by atoms with Gasteiger partial charge >= 0.3 is 0 Å². The molecule has 0 atom stereocenters. The second kappa shape index (κ2) is 19.2. The van der Waals surface area contributed by atoms with E-state index in [0.717, 1.165) is 26.2 Å². The molecule has 2 saturated heterocycles. The lowest BCUT2D eigenvalue weighted by Crippen LogP contribution is -2.50. The topological polar surface area (TPSA) is 198 Å². The zero-order valence-corrected chi connectivity index (χ0v) is 33.3. The van der Waals surface area contributed by atoms with Crippen LogP contribution in [0.25, 0.3) is 0 Å². The van der Waals surface area contributed by atoms with Crippen molar-refractivity contribution in [3.05, 3.63) is 117 Å². The van der Waals surface area contributed by atoms with Crippen molar-refractivity contribution in [3.63, 3.8) is 0 Å². The van der Waals surface area contributed by atoms with E-state index in [4.69, 9.17) is 21.2 Å². The van der Waals surface area contributed by atoms with Crippen molar-refractivity contribution in [3.8, 4) is 12.1 Å². The van der Waals surface area contributed by atoms with Gasteiger partial charge in [-0.1, -0.05) is 24.3 Å². The molecule has 2 fully saturated rings. The second-order valence-corrected chi connectivity index (χ2v) is 17.3. The number of amides is 2. The van der Waals surface area contributed by atoms with E-state index in [2.05, 4.69) is 47.1 Å². The third kappa shape index (κ3) is 11.9. The highest BCUT2D eigenvalue weighted by atomic mass is 79.9. The van der Waals surface area contributed by atoms with Crippen molar-refractivity contribution in [2.45, 2.75) is 9.79 Å². The largest absolute Gasteiger partial charge is 0.335 e. The van der Waals surface area contributed by atoms with E-state index in [1.165, 1.54) is 40.7 Å². The van der Waals surface area contributed by atoms with Crippen LogP contribution in [0.3, 0.4) is 0 Å². The minimum atomic E-state index is -3.71. The highest BCUT2D eigenvalue weighted by molar-refractivity contribution is 9.10. The number of benzene rings is 2. The Bertz CT molecular complexity index is 2260. The zero-order chi connectivity index (χ0) is 38.6. The Morgan fingerprint density at radius 3 is 1.55 bits per heavy atom. The van der Waals surface area contributed by atoms with Crippen molar-refractivity contribution in [2.75, 3.05) is 52.4 Å². The van der Waals surface area contributed by atoms with E-state index in [1.807, 2.05) is 29.2 Å². The van der Waals surface area contributed by atoms with Crippen molar-refractivity contribution in [2.24, 2.45) is 0 Å². The number of halogens is 3. The Kier molecular flexibility index (Phi) is 15.0. The first kappa shape index (κ1) is 41.5. The molecule has 14 nitrogen and oxygen atoms in total. The van der Waals surface area contributed by atoms with Gasteiger partial charge in [0, 0.05) is 63.0 Å². The zero-order valence-electron chi connectivity index (χ0n) is 27.8. The number of carbonyl (C=O) groups is 2. The number of nitrogens with one attached hydrogen (secondary N) is 1. The van der Waals surface area contributed by atoms with Crippen molar-refractivity contribution < 1.29 is 26.4 Å². The summed E-state index contributed by atoms with van der Waals surface area (Å²) in [5.74, 6) is -0.215. The van der Waals surface area contributed by atoms with Gasteiger partial charge in [-0.3, -0.25) is 9.59 Å². The lowest BCUT2D eigenvalue weighted by molar-refractivity contribution is 0.0690. The van der Waals surface area contributed by atoms with Gasteiger partial charge < -0.3 is 15.1 Å². The van der Waals surface area contributed by atoms with E-state index >= 15 is 0 Å². The lowest BCUT2D eigenvalue weighted by Gasteiger charge is -2.33. The summed E-state index contributed by atoms with van der Waals surface area (Å²) >= 11 is 6.50. The van der Waals surface area contributed by atoms with E-state index in [9.17, 15) is 26.4 Å². The first-order chi connectivity index (χ1) is 25.2. The van der Waals surface area contributed by atoms with Crippen LogP contribution in [-0.2, 0) is 19.1 Å². The first-order valence-corrected chi connectivity index (χ1v) is 21.1. The van der Waals surface area contributed by atoms with Crippen LogP contribution >= 0.6 is 42.5 Å². The fraction of sp³-hybridized carbons (Fsp3) is 0.235. The predicted molar refractivity (Wildman–Crippen MR) is 203 cm³/mol. The fourth-order valence-electron chi connectivity index (χ4n) is 4.97. The maximum atomic E-state index is 12.7. The fourth-order valence-corrected chi connectivity index (χ4v) is 7.92. The van der Waals surface area contributed by atoms with Crippen LogP contribution in [0, 0.1) is 22.7 Å². The molecule has 1 N–H and O–H groups in total. The summed E-state index contributed by atoms with van der Waals surface area (Å²) in [6.45, 7) is 4.19. The van der Waals surface area contributed by atoms with Gasteiger partial charge in [0.05, 0.1) is 33.1 Å². The van der Waals surface area contributed by atoms with Gasteiger partial charge in [0.25, 0.3) is 20.9 Å². The number of hydrogen-bond donors (Lipinski definition) is 1. The van der Waals surface area contributed by atoms with E-state index < -0.39 is 19.1 Å². The van der Waals surface area contributed by atoms with Gasteiger partial charge in [0.15, 0.2) is 0 Å². The van der Waals surface area contributed by atoms with E-state index in [1.54, 1.807) is 41.3 Å². The highest BCUT2D eigenvalue weighted by Gasteiger charge is 2.31. The number of nitriles is 2. The van der Waals surface area contributed by atoms with Crippen molar-refractivity contribution in [1.82, 2.24) is 29.4 Å². The Labute approximate surface area is 328 Å². The number of aromatic nitrogens is 2. The SMILES string of the molecule is N#Cc1cccc(S(=O)(=O)Cl)c1.N#Cc1cccc(S(=O)(=O)N2CCN(C(=O)c3cccc(Br)n3)CC2)c1.O=C(c1cccc(Br)n1)N1CCNCC1. The number of pyridine rings is 2. The maximum absolute atomic E-state index is 12.7. The molecule has 0 aliphatic carbocycles. The molecule has 0 unspecified atom stereocenters. The number of sulfonamides is 1. The van der Waals surface area contributed by atoms with Crippen LogP contribution in [0.2, 0.25) is 0 Å². The molecule has 4 heterocycles. The molecule has 0 spiro atoms. The Morgan fingerprint density at radius 2 is 1.09 bits per heavy atom. The Hall–Kier alpha value is -4.27. The molecule has 19 heteroatoms. The quantitative estimate of drug-likeness (QED) is 0.222. The molecule has 276 valence electrons. The van der Waals surface area contributed by atoms with Crippen LogP contribution in [0.5, 0.6) is 0 Å². The predicted octanol–water partition coefficient (Wildman–Crippen LogP) is 4.24. The molecule has 53 heavy (non-hydrogen) atoms. The molecule has 2 aromatic carbocycles. The summed E-state index contributed by atoms with van der Waals surface area (Å²) in [6, 6.07) is 25.7. The first-order valence-electron chi connectivity index (χ1n) is 15.7. The average Bonchev–Trinajstić information content (AvgIpc) is 3.18. The minimum absolute atomic E-state index is 0.0119. The third-order valence-electron chi connectivity index (χ3n) is 7.64. The summed E-state index contributed by atoms with van der Waals surface area (Å²) in [6.07, 6.45) is 0. The number of rotatable bonds is 5. The van der Waals surface area contributed by atoms with Gasteiger partial charge in [-0.15, -0.1) is 0 Å². The van der Waals surface area contributed by atoms with Gasteiger partial charge in [-0.25, -0.2) is 26.8 Å². The summed E-state index contributed by atoms with van der Waals surface area (Å²) < 4.78 is 49.6. The van der Waals surface area contributed by atoms with Crippen molar-refractivity contribution in [1.29, 1.82) is 10.5 Å². The normalized spacial score (nSPS) is 14.7. The van der Waals surface area contributed by atoms with Crippen LogP contribution in [-0.4, -0.2) is 105 Å². The molecule has 0 saturated carbocycles. The van der Waals surface area contributed by atoms with Gasteiger partial charge in [-0.05, 0) is 92.5 Å². The van der Waals surface area contributed by atoms with Gasteiger partial charge in [0.1, 0.15) is 20.6 Å². The summed E-state index contributed by atoms with van der Waals surface area (Å²) in [4.78, 5) is 36.2. The average molecular weight is 907 g/mol. The molecular weight excluding hydrogens is 876 g/mol. The monoisotopic (exact) mass is 904 g/mol. The van der Waals surface area contributed by atoms with Gasteiger partial charge in [0.2, 0.25) is 10.0 Å². The molecule has 6 rings (SSSR count). The molecule has 2 aromatic heterocycles. The van der Waals surface area contributed by atoms with Crippen LogP contribution in [0.1, 0.15) is 32.1 Å². The molecular formula is C34H31Br2ClN8O6S2. The summed E-state index contributed by atoms with van der Waals surface area (Å²) in [5.41, 5.74) is 1.39. The molecule has 2 aliphatic rings. The smallest absolute Gasteiger partial charge is 0.272 e. The lowest BCUT2D eigenvalue weighted by atomic mass is 10.2. The number of nitrogens with zero attached hydrogens (tertiary/aromatic N) is 7. The van der Waals surface area contributed by atoms with Crippen LogP contribution in [0.4, 0.5) is 0 Å². The summed E-state index contributed by atoms with van der Waals surface area (Å²) in [5, 5.41) is 20.6. The minimum Gasteiger partial charge on any atom is -0.335 e. The maximum Gasteiger partial charge on any atom is 0.272 e. The third-order valence-corrected chi connectivity index (χ3v) is 11.8. The van der Waals surface area contributed by atoms with Crippen molar-refractivity contribution >= 4 is 73.4 Å². The van der Waals surface area contributed by atoms with Crippen LogP contribution in [0.15, 0.2) is 104 Å². The Morgan fingerprint density at radius 1 is 0.660 bits per heavy atom. The number of hydrogen-bond acceptors (Lipinski definition) is 11. The van der Waals surface area contributed by atoms with E-state index in [0.29, 0.717) is 26.2 Å². The van der Waals surface area contributed by atoms with E-state index in [-0.39, 0.29) is 53.3 Å². The molecule has 0 bridgehead atoms. The molecule has 2 amide bonds.